The highest BCUT2D eigenvalue weighted by Gasteiger charge is 2.54. The number of allylic oxidation sites excluding steroid dienone is 11. The van der Waals surface area contributed by atoms with Crippen LogP contribution < -0.4 is 5.32 Å². The fourth-order valence-corrected chi connectivity index (χ4v) is 11.7. The fourth-order valence-electron chi connectivity index (χ4n) is 11.7. The molecular weight excluding hydrogens is 613 g/mol. The third-order valence-electron chi connectivity index (χ3n) is 14.0. The van der Waals surface area contributed by atoms with Gasteiger partial charge >= 0.3 is 0 Å². The van der Waals surface area contributed by atoms with E-state index < -0.39 is 0 Å². The van der Waals surface area contributed by atoms with Crippen molar-refractivity contribution >= 4 is 0 Å². The lowest BCUT2D eigenvalue weighted by Gasteiger charge is -2.49. The minimum atomic E-state index is -0.0218. The molecule has 0 heterocycles. The highest BCUT2D eigenvalue weighted by atomic mass is 16.5. The second-order valence-electron chi connectivity index (χ2n) is 16.9. The number of methoxy groups -OCH3 is 1. The van der Waals surface area contributed by atoms with Gasteiger partial charge in [-0.15, -0.1) is 0 Å². The van der Waals surface area contributed by atoms with Gasteiger partial charge in [0.1, 0.15) is 0 Å². The minimum absolute atomic E-state index is 0.0218. The van der Waals surface area contributed by atoms with Crippen LogP contribution in [-0.4, -0.2) is 49.5 Å². The Balaban J connectivity index is 1.19. The maximum Gasteiger partial charge on any atom is 0.0704 e. The Morgan fingerprint density at radius 1 is 0.700 bits per heavy atom. The molecule has 0 aliphatic heterocycles. The average molecular weight is 679 g/mol. The van der Waals surface area contributed by atoms with Crippen LogP contribution in [0.1, 0.15) is 154 Å². The molecule has 0 radical (unpaired) electrons. The van der Waals surface area contributed by atoms with Gasteiger partial charge in [-0.1, -0.05) is 66.9 Å². The molecule has 4 nitrogen and oxygen atoms in total. The quantitative estimate of drug-likeness (QED) is 0.174. The number of ether oxygens (including phenoxy) is 2. The molecular formula is C46H66N2O2. The van der Waals surface area contributed by atoms with Crippen LogP contribution in [0.5, 0.6) is 0 Å². The van der Waals surface area contributed by atoms with Crippen LogP contribution >= 0.6 is 0 Å². The van der Waals surface area contributed by atoms with Crippen LogP contribution in [0.25, 0.3) is 0 Å². The van der Waals surface area contributed by atoms with E-state index in [1.165, 1.54) is 141 Å². The van der Waals surface area contributed by atoms with Gasteiger partial charge in [0.05, 0.1) is 24.7 Å². The monoisotopic (exact) mass is 679 g/mol. The average Bonchev–Trinajstić information content (AvgIpc) is 3.46. The Hall–Kier alpha value is -2.30. The first-order valence-corrected chi connectivity index (χ1v) is 21.3. The molecule has 4 atom stereocenters. The molecule has 1 N–H and O–H groups in total. The largest absolute Gasteiger partial charge is 0.386 e. The minimum Gasteiger partial charge on any atom is -0.386 e. The van der Waals surface area contributed by atoms with Crippen molar-refractivity contribution in [2.75, 3.05) is 20.3 Å². The molecule has 1 fully saturated rings. The van der Waals surface area contributed by atoms with Crippen LogP contribution in [0.3, 0.4) is 0 Å². The van der Waals surface area contributed by atoms with Crippen molar-refractivity contribution in [2.24, 2.45) is 5.41 Å². The van der Waals surface area contributed by atoms with Crippen molar-refractivity contribution < 1.29 is 9.47 Å². The van der Waals surface area contributed by atoms with Crippen molar-refractivity contribution in [3.63, 3.8) is 0 Å². The Morgan fingerprint density at radius 2 is 1.52 bits per heavy atom. The van der Waals surface area contributed by atoms with Crippen LogP contribution in [-0.2, 0) is 9.47 Å². The van der Waals surface area contributed by atoms with Crippen molar-refractivity contribution in [3.8, 4) is 0 Å². The van der Waals surface area contributed by atoms with E-state index in [9.17, 15) is 0 Å². The second-order valence-corrected chi connectivity index (χ2v) is 16.9. The summed E-state index contributed by atoms with van der Waals surface area (Å²) in [6.07, 6.45) is 46.5. The first kappa shape index (κ1) is 34.8. The van der Waals surface area contributed by atoms with Gasteiger partial charge in [-0.2, -0.15) is 0 Å². The predicted molar refractivity (Wildman–Crippen MR) is 207 cm³/mol. The number of hydrogen-bond acceptors (Lipinski definition) is 4. The van der Waals surface area contributed by atoms with Crippen LogP contribution in [0.15, 0.2) is 81.3 Å². The topological polar surface area (TPSA) is 33.7 Å². The maximum absolute atomic E-state index is 6.36. The summed E-state index contributed by atoms with van der Waals surface area (Å²) in [6, 6.07) is 1.93. The van der Waals surface area contributed by atoms with Gasteiger partial charge in [-0.05, 0) is 157 Å². The summed E-state index contributed by atoms with van der Waals surface area (Å²) in [5.74, 6) is 0. The Bertz CT molecular complexity index is 1450. The third-order valence-corrected chi connectivity index (χ3v) is 14.0. The lowest BCUT2D eigenvalue weighted by molar-refractivity contribution is 0.0121. The summed E-state index contributed by atoms with van der Waals surface area (Å²) in [4.78, 5) is 3.08. The lowest BCUT2D eigenvalue weighted by atomic mass is 9.58. The summed E-state index contributed by atoms with van der Waals surface area (Å²) >= 11 is 0. The van der Waals surface area contributed by atoms with Crippen LogP contribution in [0, 0.1) is 5.41 Å². The van der Waals surface area contributed by atoms with E-state index in [0.29, 0.717) is 31.4 Å². The standard InChI is InChI=1S/C46H66N2O2/c1-49-30-31-50-41-26-22-35(23-27-41)46(34-14-6-2-7-15-34)44-32-37(47-36-16-8-3-9-17-36)24-28-42(44)43-29-25-40(33-45(43)46)48(38-18-10-4-11-19-38)39-20-12-5-13-21-39/h2,6,14,16,18,22,37,39-41,47H,3-5,7-13,15,17,19-21,23-33H2,1H3. The molecule has 0 aromatic carbocycles. The Kier molecular flexibility index (Phi) is 11.2. The summed E-state index contributed by atoms with van der Waals surface area (Å²) in [5, 5.41) is 4.15. The summed E-state index contributed by atoms with van der Waals surface area (Å²) < 4.78 is 11.7. The van der Waals surface area contributed by atoms with E-state index >= 15 is 0 Å². The van der Waals surface area contributed by atoms with Gasteiger partial charge in [0, 0.05) is 36.6 Å². The molecule has 8 rings (SSSR count). The van der Waals surface area contributed by atoms with Gasteiger partial charge < -0.3 is 19.7 Å². The van der Waals surface area contributed by atoms with E-state index in [1.54, 1.807) is 29.5 Å². The predicted octanol–water partition coefficient (Wildman–Crippen LogP) is 11.2. The summed E-state index contributed by atoms with van der Waals surface area (Å²) in [5.41, 5.74) is 13.9. The Labute approximate surface area is 304 Å². The van der Waals surface area contributed by atoms with Crippen molar-refractivity contribution in [1.29, 1.82) is 0 Å². The number of nitrogens with zero attached hydrogens (tertiary/aromatic N) is 1. The molecule has 0 amide bonds. The first-order valence-electron chi connectivity index (χ1n) is 21.3. The van der Waals surface area contributed by atoms with E-state index in [2.05, 4.69) is 46.7 Å². The SMILES string of the molecule is COCCOC1CC=C(C2(C3=CC=CCC3)C3=C(CCC(NC4=CCCCC4)C3)C3=C2CC(N(C2=CCCCC2)C2CCCCC2)CC3)CC1. The molecule has 272 valence electrons. The van der Waals surface area contributed by atoms with Gasteiger partial charge in [0.25, 0.3) is 0 Å². The Morgan fingerprint density at radius 3 is 2.24 bits per heavy atom. The molecule has 4 heteroatoms. The summed E-state index contributed by atoms with van der Waals surface area (Å²) in [6.45, 7) is 1.39. The third kappa shape index (κ3) is 6.94. The molecule has 8 aliphatic carbocycles. The number of rotatable bonds is 11. The second kappa shape index (κ2) is 16.2. The number of fused-ring (bicyclic) bond motifs is 1. The molecule has 50 heavy (non-hydrogen) atoms. The normalized spacial score (nSPS) is 32.1. The van der Waals surface area contributed by atoms with E-state index in [0.717, 1.165) is 25.3 Å². The van der Waals surface area contributed by atoms with E-state index in [4.69, 9.17) is 9.47 Å². The van der Waals surface area contributed by atoms with Gasteiger partial charge in [0.2, 0.25) is 0 Å². The zero-order chi connectivity index (χ0) is 33.8. The molecule has 1 saturated carbocycles. The molecule has 0 aromatic heterocycles. The van der Waals surface area contributed by atoms with Crippen molar-refractivity contribution in [2.45, 2.75) is 178 Å². The van der Waals surface area contributed by atoms with Gasteiger partial charge in [0.15, 0.2) is 0 Å². The van der Waals surface area contributed by atoms with Crippen LogP contribution in [0.2, 0.25) is 0 Å². The smallest absolute Gasteiger partial charge is 0.0704 e. The van der Waals surface area contributed by atoms with E-state index in [-0.39, 0.29) is 5.41 Å². The van der Waals surface area contributed by atoms with Gasteiger partial charge in [-0.3, -0.25) is 0 Å². The first-order chi connectivity index (χ1) is 24.8. The maximum atomic E-state index is 6.36. The van der Waals surface area contributed by atoms with Crippen molar-refractivity contribution in [1.82, 2.24) is 10.2 Å². The highest BCUT2D eigenvalue weighted by Crippen LogP contribution is 2.65. The van der Waals surface area contributed by atoms with E-state index in [1.807, 2.05) is 16.7 Å². The summed E-state index contributed by atoms with van der Waals surface area (Å²) in [7, 11) is 1.78. The number of nitrogens with one attached hydrogen (secondary N) is 1. The number of hydrogen-bond donors (Lipinski definition) is 1. The highest BCUT2D eigenvalue weighted by molar-refractivity contribution is 5.66. The molecule has 8 aliphatic rings. The molecule has 4 unspecified atom stereocenters. The zero-order valence-electron chi connectivity index (χ0n) is 31.4. The molecule has 0 bridgehead atoms. The zero-order valence-corrected chi connectivity index (χ0v) is 31.4. The molecule has 0 spiro atoms. The molecule has 0 saturated heterocycles. The molecule has 0 aromatic rings. The van der Waals surface area contributed by atoms with Crippen molar-refractivity contribution in [3.05, 3.63) is 81.3 Å². The fraction of sp³-hybridized carbons (Fsp3) is 0.696. The van der Waals surface area contributed by atoms with Gasteiger partial charge in [-0.25, -0.2) is 0 Å². The lowest BCUT2D eigenvalue weighted by Crippen LogP contribution is -2.46. The van der Waals surface area contributed by atoms with Crippen LogP contribution in [0.4, 0.5) is 0 Å².